The van der Waals surface area contributed by atoms with Crippen molar-refractivity contribution in [1.29, 1.82) is 0 Å². The average Bonchev–Trinajstić information content (AvgIpc) is 2.64. The molecule has 0 atom stereocenters. The van der Waals surface area contributed by atoms with Gasteiger partial charge < -0.3 is 5.11 Å². The second-order valence-corrected chi connectivity index (χ2v) is 5.11. The van der Waals surface area contributed by atoms with E-state index >= 15 is 0 Å². The van der Waals surface area contributed by atoms with Crippen LogP contribution in [0.4, 0.5) is 0 Å². The third kappa shape index (κ3) is 5.00. The molecule has 0 unspecified atom stereocenters. The quantitative estimate of drug-likeness (QED) is 0.639. The summed E-state index contributed by atoms with van der Waals surface area (Å²) in [5, 5.41) is 9.25. The highest BCUT2D eigenvalue weighted by atomic mass is 16.4. The fraction of sp³-hybridized carbons (Fsp3) is 0.111. The van der Waals surface area contributed by atoms with E-state index in [1.165, 1.54) is 24.3 Å². The first-order chi connectivity index (χ1) is 12.0. The minimum absolute atomic E-state index is 0.213. The van der Waals surface area contributed by atoms with Crippen LogP contribution in [0.2, 0.25) is 0 Å². The Labute approximate surface area is 143 Å². The van der Waals surface area contributed by atoms with Gasteiger partial charge in [-0.05, 0) is 24.3 Å². The van der Waals surface area contributed by atoms with Gasteiger partial charge in [0, 0.05) is 17.5 Å². The summed E-state index contributed by atoms with van der Waals surface area (Å²) in [6, 6.07) is 16.0. The summed E-state index contributed by atoms with van der Waals surface area (Å²) in [7, 11) is 0. The first-order valence-electron chi connectivity index (χ1n) is 7.49. The molecular weight excluding hydrogens is 324 g/mol. The molecule has 2 N–H and O–H groups in total. The fourth-order valence-corrected chi connectivity index (χ4v) is 2.01. The lowest BCUT2D eigenvalue weighted by Crippen LogP contribution is -2.49. The number of hydrogen-bond donors (Lipinski definition) is 2. The normalized spacial score (nSPS) is 9.92. The van der Waals surface area contributed by atoms with Gasteiger partial charge in [0.15, 0.2) is 0 Å². The molecule has 0 aliphatic rings. The Kier molecular flexibility index (Phi) is 6.00. The first-order valence-corrected chi connectivity index (χ1v) is 7.49. The molecule has 25 heavy (non-hydrogen) atoms. The zero-order chi connectivity index (χ0) is 18.2. The Morgan fingerprint density at radius 1 is 0.760 bits per heavy atom. The number of carbonyl (C=O) groups is 4. The molecule has 0 aliphatic carbocycles. The van der Waals surface area contributed by atoms with E-state index < -0.39 is 30.1 Å². The molecular formula is C18H16N2O5. The van der Waals surface area contributed by atoms with E-state index in [1.807, 2.05) is 0 Å². The fourth-order valence-electron chi connectivity index (χ4n) is 2.01. The summed E-state index contributed by atoms with van der Waals surface area (Å²) in [5.41, 5.74) is 2.63. The highest BCUT2D eigenvalue weighted by molar-refractivity contribution is 6.11. The summed E-state index contributed by atoms with van der Waals surface area (Å²) < 4.78 is 0. The first kappa shape index (κ1) is 17.9. The van der Waals surface area contributed by atoms with Crippen LogP contribution in [0, 0.1) is 0 Å². The number of carboxylic acid groups (broad SMARTS) is 1. The Morgan fingerprint density at radius 2 is 1.20 bits per heavy atom. The van der Waals surface area contributed by atoms with Crippen molar-refractivity contribution < 1.29 is 24.3 Å². The van der Waals surface area contributed by atoms with Crippen molar-refractivity contribution in [2.75, 3.05) is 0 Å². The zero-order valence-electron chi connectivity index (χ0n) is 13.2. The average molecular weight is 340 g/mol. The number of amides is 3. The molecule has 7 heteroatoms. The lowest BCUT2D eigenvalue weighted by Gasteiger charge is -2.21. The molecule has 2 aromatic rings. The van der Waals surface area contributed by atoms with Gasteiger partial charge in [-0.2, -0.15) is 5.01 Å². The predicted octanol–water partition coefficient (Wildman–Crippen LogP) is 1.87. The van der Waals surface area contributed by atoms with Crippen LogP contribution in [-0.4, -0.2) is 33.8 Å². The SMILES string of the molecule is O=C(O)CCC(=O)NN(C(=O)c1ccccc1)C(=O)c1ccccc1. The lowest BCUT2D eigenvalue weighted by atomic mass is 10.1. The largest absolute Gasteiger partial charge is 0.481 e. The molecule has 0 saturated carbocycles. The minimum atomic E-state index is -1.15. The van der Waals surface area contributed by atoms with Gasteiger partial charge in [-0.3, -0.25) is 24.6 Å². The summed E-state index contributed by atoms with van der Waals surface area (Å²) in [5.74, 6) is -3.31. The molecule has 7 nitrogen and oxygen atoms in total. The van der Waals surface area contributed by atoms with Gasteiger partial charge in [0.05, 0.1) is 6.42 Å². The number of carboxylic acids is 1. The monoisotopic (exact) mass is 340 g/mol. The van der Waals surface area contributed by atoms with Gasteiger partial charge in [-0.25, -0.2) is 0 Å². The molecule has 0 spiro atoms. The molecule has 2 rings (SSSR count). The van der Waals surface area contributed by atoms with E-state index in [0.717, 1.165) is 0 Å². The number of benzene rings is 2. The second-order valence-electron chi connectivity index (χ2n) is 5.11. The molecule has 0 bridgehead atoms. The van der Waals surface area contributed by atoms with Gasteiger partial charge >= 0.3 is 5.97 Å². The molecule has 128 valence electrons. The maximum absolute atomic E-state index is 12.6. The maximum atomic E-state index is 12.6. The summed E-state index contributed by atoms with van der Waals surface area (Å²) in [4.78, 5) is 47.7. The van der Waals surface area contributed by atoms with E-state index in [2.05, 4.69) is 5.43 Å². The third-order valence-corrected chi connectivity index (χ3v) is 3.25. The van der Waals surface area contributed by atoms with Crippen LogP contribution >= 0.6 is 0 Å². The third-order valence-electron chi connectivity index (χ3n) is 3.25. The zero-order valence-corrected chi connectivity index (χ0v) is 13.2. The number of hydrogen-bond acceptors (Lipinski definition) is 4. The van der Waals surface area contributed by atoms with Crippen LogP contribution in [0.5, 0.6) is 0 Å². The van der Waals surface area contributed by atoms with E-state index in [-0.39, 0.29) is 17.5 Å². The van der Waals surface area contributed by atoms with Crippen molar-refractivity contribution in [1.82, 2.24) is 10.4 Å². The molecule has 0 aliphatic heterocycles. The maximum Gasteiger partial charge on any atom is 0.303 e. The number of aliphatic carboxylic acids is 1. The number of imide groups is 1. The van der Waals surface area contributed by atoms with Crippen LogP contribution in [0.3, 0.4) is 0 Å². The van der Waals surface area contributed by atoms with E-state index in [1.54, 1.807) is 36.4 Å². The number of rotatable bonds is 5. The molecule has 0 fully saturated rings. The molecule has 0 heterocycles. The molecule has 0 aromatic heterocycles. The van der Waals surface area contributed by atoms with Crippen molar-refractivity contribution in [3.63, 3.8) is 0 Å². The standard InChI is InChI=1S/C18H16N2O5/c21-15(11-12-16(22)23)19-20(17(24)13-7-3-1-4-8-13)18(25)14-9-5-2-6-10-14/h1-10H,11-12H2,(H,19,21)(H,22,23). The van der Waals surface area contributed by atoms with Crippen LogP contribution in [0.25, 0.3) is 0 Å². The minimum Gasteiger partial charge on any atom is -0.481 e. The Bertz CT molecular complexity index is 723. The number of nitrogens with zero attached hydrogens (tertiary/aromatic N) is 1. The van der Waals surface area contributed by atoms with Crippen LogP contribution in [0.1, 0.15) is 33.6 Å². The van der Waals surface area contributed by atoms with Crippen molar-refractivity contribution in [2.45, 2.75) is 12.8 Å². The van der Waals surface area contributed by atoms with Gasteiger partial charge in [0.25, 0.3) is 11.8 Å². The molecule has 2 aromatic carbocycles. The van der Waals surface area contributed by atoms with Crippen LogP contribution < -0.4 is 5.43 Å². The second kappa shape index (κ2) is 8.39. The molecule has 0 radical (unpaired) electrons. The van der Waals surface area contributed by atoms with Crippen molar-refractivity contribution >= 4 is 23.7 Å². The van der Waals surface area contributed by atoms with Gasteiger partial charge in [-0.1, -0.05) is 36.4 Å². The van der Waals surface area contributed by atoms with E-state index in [0.29, 0.717) is 5.01 Å². The lowest BCUT2D eigenvalue weighted by molar-refractivity contribution is -0.139. The Balaban J connectivity index is 2.25. The summed E-state index contributed by atoms with van der Waals surface area (Å²) >= 11 is 0. The summed E-state index contributed by atoms with van der Waals surface area (Å²) in [6.07, 6.45) is -0.755. The Hall–Kier alpha value is -3.48. The van der Waals surface area contributed by atoms with Crippen LogP contribution in [-0.2, 0) is 9.59 Å². The number of hydrazine groups is 1. The topological polar surface area (TPSA) is 104 Å². The van der Waals surface area contributed by atoms with E-state index in [9.17, 15) is 19.2 Å². The highest BCUT2D eigenvalue weighted by Crippen LogP contribution is 2.09. The highest BCUT2D eigenvalue weighted by Gasteiger charge is 2.26. The van der Waals surface area contributed by atoms with E-state index in [4.69, 9.17) is 5.11 Å². The Morgan fingerprint density at radius 3 is 1.60 bits per heavy atom. The van der Waals surface area contributed by atoms with Crippen molar-refractivity contribution in [2.24, 2.45) is 0 Å². The molecule has 3 amide bonds. The number of carbonyl (C=O) groups excluding carboxylic acids is 3. The van der Waals surface area contributed by atoms with Gasteiger partial charge in [0.1, 0.15) is 0 Å². The van der Waals surface area contributed by atoms with Gasteiger partial charge in [-0.15, -0.1) is 0 Å². The van der Waals surface area contributed by atoms with Crippen molar-refractivity contribution in [3.8, 4) is 0 Å². The van der Waals surface area contributed by atoms with Crippen LogP contribution in [0.15, 0.2) is 60.7 Å². The summed E-state index contributed by atoms with van der Waals surface area (Å²) in [6.45, 7) is 0. The molecule has 0 saturated heterocycles. The number of nitrogens with one attached hydrogen (secondary N) is 1. The smallest absolute Gasteiger partial charge is 0.303 e. The van der Waals surface area contributed by atoms with Gasteiger partial charge in [0.2, 0.25) is 5.91 Å². The van der Waals surface area contributed by atoms with Crippen molar-refractivity contribution in [3.05, 3.63) is 71.8 Å². The predicted molar refractivity (Wildman–Crippen MR) is 88.4 cm³/mol.